The predicted octanol–water partition coefficient (Wildman–Crippen LogP) is 1.50. The average Bonchev–Trinajstić information content (AvgIpc) is 1.76. The average molecular weight is 157 g/mol. The molecule has 0 heterocycles. The molecule has 1 aliphatic carbocycles. The zero-order chi connectivity index (χ0) is 3.54. The van der Waals surface area contributed by atoms with Gasteiger partial charge in [0.1, 0.15) is 0 Å². The van der Waals surface area contributed by atoms with Crippen molar-refractivity contribution in [3.05, 3.63) is 24.3 Å². The summed E-state index contributed by atoms with van der Waals surface area (Å²) in [6, 6.07) is 0. The molecule has 0 aromatic carbocycles. The topological polar surface area (TPSA) is 0 Å². The summed E-state index contributed by atoms with van der Waals surface area (Å²) in [5, 5.41) is 0. The van der Waals surface area contributed by atoms with E-state index in [4.69, 9.17) is 0 Å². The standard InChI is InChI=1S/C5H6.Zr/c1-2-4-5-3-1;/h1-4H,5H2;. The van der Waals surface area contributed by atoms with Gasteiger partial charge in [-0.2, -0.15) is 0 Å². The van der Waals surface area contributed by atoms with Crippen LogP contribution in [-0.2, 0) is 26.2 Å². The molecule has 1 heteroatoms. The van der Waals surface area contributed by atoms with Crippen LogP contribution in [0, 0.1) is 0 Å². The molecule has 0 aliphatic heterocycles. The van der Waals surface area contributed by atoms with E-state index in [1.54, 1.807) is 0 Å². The summed E-state index contributed by atoms with van der Waals surface area (Å²) in [7, 11) is 0. The van der Waals surface area contributed by atoms with E-state index >= 15 is 0 Å². The van der Waals surface area contributed by atoms with E-state index in [-0.39, 0.29) is 26.2 Å². The van der Waals surface area contributed by atoms with Gasteiger partial charge in [-0.3, -0.25) is 0 Å². The van der Waals surface area contributed by atoms with Crippen LogP contribution in [0.5, 0.6) is 0 Å². The van der Waals surface area contributed by atoms with Crippen molar-refractivity contribution >= 4 is 0 Å². The molecule has 1 rings (SSSR count). The quantitative estimate of drug-likeness (QED) is 0.500. The summed E-state index contributed by atoms with van der Waals surface area (Å²) in [5.74, 6) is 0. The molecule has 0 bridgehead atoms. The molecule has 0 amide bonds. The van der Waals surface area contributed by atoms with Crippen molar-refractivity contribution in [2.24, 2.45) is 0 Å². The number of hydrogen-bond acceptors (Lipinski definition) is 0. The van der Waals surface area contributed by atoms with Crippen molar-refractivity contribution in [2.45, 2.75) is 6.42 Å². The maximum atomic E-state index is 2.12. The molecular formula is C5H6Zr. The minimum atomic E-state index is 0. The van der Waals surface area contributed by atoms with E-state index in [9.17, 15) is 0 Å². The molecular weight excluding hydrogens is 151 g/mol. The summed E-state index contributed by atoms with van der Waals surface area (Å²) in [6.45, 7) is 0. The third-order valence-electron chi connectivity index (χ3n) is 0.655. The zero-order valence-electron chi connectivity index (χ0n) is 3.52. The van der Waals surface area contributed by atoms with E-state index in [2.05, 4.69) is 24.3 Å². The molecule has 0 radical (unpaired) electrons. The first-order valence-electron chi connectivity index (χ1n) is 1.82. The smallest absolute Gasteiger partial charge is 0 e. The molecule has 0 saturated heterocycles. The molecule has 0 atom stereocenters. The summed E-state index contributed by atoms with van der Waals surface area (Å²) in [4.78, 5) is 0. The molecule has 0 saturated carbocycles. The van der Waals surface area contributed by atoms with Crippen LogP contribution in [0.4, 0.5) is 0 Å². The van der Waals surface area contributed by atoms with Gasteiger partial charge < -0.3 is 0 Å². The summed E-state index contributed by atoms with van der Waals surface area (Å²) in [5.41, 5.74) is 0. The van der Waals surface area contributed by atoms with Crippen LogP contribution in [0.2, 0.25) is 0 Å². The number of hydrogen-bond donors (Lipinski definition) is 0. The molecule has 0 nitrogen and oxygen atoms in total. The van der Waals surface area contributed by atoms with Crippen LogP contribution in [0.3, 0.4) is 0 Å². The Balaban J connectivity index is 0.000000250. The van der Waals surface area contributed by atoms with E-state index in [0.29, 0.717) is 0 Å². The van der Waals surface area contributed by atoms with Crippen molar-refractivity contribution in [1.29, 1.82) is 0 Å². The molecule has 0 N–H and O–H groups in total. The number of allylic oxidation sites excluding steroid dienone is 4. The minimum absolute atomic E-state index is 0. The van der Waals surface area contributed by atoms with Gasteiger partial charge >= 0.3 is 0 Å². The van der Waals surface area contributed by atoms with Crippen molar-refractivity contribution < 1.29 is 26.2 Å². The van der Waals surface area contributed by atoms with Gasteiger partial charge in [0.05, 0.1) is 0 Å². The Hall–Kier alpha value is 0.363. The molecule has 0 fully saturated rings. The maximum absolute atomic E-state index is 2.12. The molecule has 30 valence electrons. The Labute approximate surface area is 57.1 Å². The van der Waals surface area contributed by atoms with Gasteiger partial charge in [-0.25, -0.2) is 0 Å². The fourth-order valence-electron chi connectivity index (χ4n) is 0.393. The monoisotopic (exact) mass is 156 g/mol. The van der Waals surface area contributed by atoms with Gasteiger partial charge in [0.2, 0.25) is 0 Å². The van der Waals surface area contributed by atoms with Crippen LogP contribution in [-0.4, -0.2) is 0 Å². The first-order valence-corrected chi connectivity index (χ1v) is 1.82. The first-order chi connectivity index (χ1) is 2.50. The van der Waals surface area contributed by atoms with Crippen molar-refractivity contribution in [1.82, 2.24) is 0 Å². The van der Waals surface area contributed by atoms with Crippen molar-refractivity contribution in [3.8, 4) is 0 Å². The number of rotatable bonds is 0. The van der Waals surface area contributed by atoms with E-state index in [0.717, 1.165) is 6.42 Å². The predicted molar refractivity (Wildman–Crippen MR) is 22.9 cm³/mol. The second-order valence-electron chi connectivity index (χ2n) is 1.09. The van der Waals surface area contributed by atoms with Gasteiger partial charge in [-0.1, -0.05) is 24.3 Å². The molecule has 0 unspecified atom stereocenters. The van der Waals surface area contributed by atoms with Crippen LogP contribution in [0.15, 0.2) is 24.3 Å². The molecule has 0 spiro atoms. The SMILES string of the molecule is C1=CCC=C1.[Zr]. The Morgan fingerprint density at radius 3 is 1.67 bits per heavy atom. The van der Waals surface area contributed by atoms with Gasteiger partial charge in [0.25, 0.3) is 0 Å². The summed E-state index contributed by atoms with van der Waals surface area (Å²) >= 11 is 0. The van der Waals surface area contributed by atoms with Gasteiger partial charge in [0.15, 0.2) is 0 Å². The Kier molecular flexibility index (Phi) is 3.76. The fourth-order valence-corrected chi connectivity index (χ4v) is 0.393. The van der Waals surface area contributed by atoms with E-state index in [1.165, 1.54) is 0 Å². The van der Waals surface area contributed by atoms with Gasteiger partial charge in [-0.05, 0) is 6.42 Å². The molecule has 1 aliphatic rings. The Morgan fingerprint density at radius 1 is 1.00 bits per heavy atom. The van der Waals surface area contributed by atoms with Crippen molar-refractivity contribution in [2.75, 3.05) is 0 Å². The zero-order valence-corrected chi connectivity index (χ0v) is 5.97. The second kappa shape index (κ2) is 3.55. The van der Waals surface area contributed by atoms with Gasteiger partial charge in [0, 0.05) is 26.2 Å². The summed E-state index contributed by atoms with van der Waals surface area (Å²) in [6.07, 6.45) is 9.50. The van der Waals surface area contributed by atoms with Gasteiger partial charge in [-0.15, -0.1) is 0 Å². The van der Waals surface area contributed by atoms with Crippen molar-refractivity contribution in [3.63, 3.8) is 0 Å². The third-order valence-corrected chi connectivity index (χ3v) is 0.655. The van der Waals surface area contributed by atoms with Crippen LogP contribution in [0.25, 0.3) is 0 Å². The van der Waals surface area contributed by atoms with E-state index in [1.807, 2.05) is 0 Å². The molecule has 6 heavy (non-hydrogen) atoms. The second-order valence-corrected chi connectivity index (χ2v) is 1.09. The van der Waals surface area contributed by atoms with E-state index < -0.39 is 0 Å². The molecule has 0 aromatic rings. The Morgan fingerprint density at radius 2 is 1.50 bits per heavy atom. The van der Waals surface area contributed by atoms with Crippen LogP contribution in [0.1, 0.15) is 6.42 Å². The third kappa shape index (κ3) is 1.72. The maximum Gasteiger partial charge on any atom is 0 e. The minimum Gasteiger partial charge on any atom is -0.0808 e. The normalized spacial score (nSPS) is 14.7. The molecule has 0 aromatic heterocycles. The fraction of sp³-hybridized carbons (Fsp3) is 0.200. The van der Waals surface area contributed by atoms with Crippen LogP contribution < -0.4 is 0 Å². The Bertz CT molecular complexity index is 62.0. The largest absolute Gasteiger partial charge is 0.0808 e. The van der Waals surface area contributed by atoms with Crippen LogP contribution >= 0.6 is 0 Å². The first kappa shape index (κ1) is 6.36. The summed E-state index contributed by atoms with van der Waals surface area (Å²) < 4.78 is 0.